The third kappa shape index (κ3) is 3.06. The normalized spacial score (nSPS) is 9.84. The standard InChI is InChI=1S/C14H9NO3S/c15-8-9-1-6-13(12(16)7-9)19-11-4-2-10(3-5-11)14(17)18/h1-7,16H,(H,17,18). The minimum absolute atomic E-state index is 0.0337. The van der Waals surface area contributed by atoms with Crippen LogP contribution in [0.25, 0.3) is 0 Å². The average molecular weight is 271 g/mol. The van der Waals surface area contributed by atoms with E-state index < -0.39 is 5.97 Å². The zero-order valence-electron chi connectivity index (χ0n) is 9.70. The molecule has 94 valence electrons. The Labute approximate surface area is 113 Å². The van der Waals surface area contributed by atoms with Crippen LogP contribution in [0, 0.1) is 11.3 Å². The molecule has 0 fully saturated rings. The van der Waals surface area contributed by atoms with Crippen molar-refractivity contribution in [3.8, 4) is 11.8 Å². The largest absolute Gasteiger partial charge is 0.507 e. The van der Waals surface area contributed by atoms with Gasteiger partial charge in [0.05, 0.1) is 22.1 Å². The van der Waals surface area contributed by atoms with Gasteiger partial charge < -0.3 is 10.2 Å². The molecule has 2 rings (SSSR count). The highest BCUT2D eigenvalue weighted by molar-refractivity contribution is 7.99. The van der Waals surface area contributed by atoms with Crippen LogP contribution in [0.1, 0.15) is 15.9 Å². The number of phenols is 1. The molecule has 0 atom stereocenters. The second kappa shape index (κ2) is 5.46. The summed E-state index contributed by atoms with van der Waals surface area (Å²) >= 11 is 1.30. The number of carbonyl (C=O) groups is 1. The topological polar surface area (TPSA) is 81.3 Å². The molecule has 0 bridgehead atoms. The van der Waals surface area contributed by atoms with E-state index >= 15 is 0 Å². The maximum Gasteiger partial charge on any atom is 0.335 e. The lowest BCUT2D eigenvalue weighted by atomic mass is 10.2. The van der Waals surface area contributed by atoms with Crippen LogP contribution in [0.2, 0.25) is 0 Å². The number of carboxylic acids is 1. The van der Waals surface area contributed by atoms with E-state index in [0.717, 1.165) is 4.90 Å². The predicted molar refractivity (Wildman–Crippen MR) is 70.3 cm³/mol. The fourth-order valence-corrected chi connectivity index (χ4v) is 2.29. The van der Waals surface area contributed by atoms with Crippen LogP contribution in [0.15, 0.2) is 52.3 Å². The van der Waals surface area contributed by atoms with Gasteiger partial charge in [-0.05, 0) is 42.5 Å². The number of rotatable bonds is 3. The summed E-state index contributed by atoms with van der Waals surface area (Å²) in [6, 6.07) is 13.0. The molecule has 0 aliphatic rings. The molecule has 19 heavy (non-hydrogen) atoms. The molecule has 0 saturated carbocycles. The van der Waals surface area contributed by atoms with E-state index in [4.69, 9.17) is 10.4 Å². The van der Waals surface area contributed by atoms with E-state index in [9.17, 15) is 9.90 Å². The van der Waals surface area contributed by atoms with E-state index in [0.29, 0.717) is 10.5 Å². The molecule has 0 aliphatic heterocycles. The first kappa shape index (κ1) is 13.0. The first-order chi connectivity index (χ1) is 9.10. The zero-order chi connectivity index (χ0) is 13.8. The van der Waals surface area contributed by atoms with Gasteiger partial charge in [0.1, 0.15) is 5.75 Å². The van der Waals surface area contributed by atoms with Gasteiger partial charge in [-0.1, -0.05) is 11.8 Å². The van der Waals surface area contributed by atoms with Crippen LogP contribution < -0.4 is 0 Å². The first-order valence-electron chi connectivity index (χ1n) is 5.34. The summed E-state index contributed by atoms with van der Waals surface area (Å²) in [5.74, 6) is -0.941. The lowest BCUT2D eigenvalue weighted by Gasteiger charge is -2.05. The summed E-state index contributed by atoms with van der Waals surface area (Å²) in [6.45, 7) is 0. The summed E-state index contributed by atoms with van der Waals surface area (Å²) in [7, 11) is 0. The number of benzene rings is 2. The molecule has 2 aromatic carbocycles. The van der Waals surface area contributed by atoms with Crippen LogP contribution in [0.3, 0.4) is 0 Å². The molecular weight excluding hydrogens is 262 g/mol. The molecule has 0 unspecified atom stereocenters. The van der Waals surface area contributed by atoms with Crippen LogP contribution >= 0.6 is 11.8 Å². The van der Waals surface area contributed by atoms with Crippen LogP contribution in [0.4, 0.5) is 0 Å². The van der Waals surface area contributed by atoms with Gasteiger partial charge in [0.25, 0.3) is 0 Å². The molecule has 2 N–H and O–H groups in total. The van der Waals surface area contributed by atoms with Gasteiger partial charge in [-0.15, -0.1) is 0 Å². The van der Waals surface area contributed by atoms with Crippen molar-refractivity contribution in [3.63, 3.8) is 0 Å². The van der Waals surface area contributed by atoms with Crippen molar-refractivity contribution >= 4 is 17.7 Å². The first-order valence-corrected chi connectivity index (χ1v) is 6.16. The Balaban J connectivity index is 2.22. The fourth-order valence-electron chi connectivity index (χ4n) is 1.47. The quantitative estimate of drug-likeness (QED) is 0.896. The van der Waals surface area contributed by atoms with Crippen molar-refractivity contribution in [2.24, 2.45) is 0 Å². The van der Waals surface area contributed by atoms with E-state index in [1.54, 1.807) is 24.3 Å². The van der Waals surface area contributed by atoms with Crippen LogP contribution in [0.5, 0.6) is 5.75 Å². The van der Waals surface area contributed by atoms with Crippen molar-refractivity contribution in [2.75, 3.05) is 0 Å². The summed E-state index contributed by atoms with van der Waals surface area (Å²) in [5.41, 5.74) is 0.608. The van der Waals surface area contributed by atoms with E-state index in [1.165, 1.54) is 30.0 Å². The second-order valence-corrected chi connectivity index (χ2v) is 4.84. The molecule has 0 radical (unpaired) electrons. The molecule has 0 spiro atoms. The minimum Gasteiger partial charge on any atom is -0.507 e. The van der Waals surface area contributed by atoms with Crippen molar-refractivity contribution < 1.29 is 15.0 Å². The Kier molecular flexibility index (Phi) is 3.74. The lowest BCUT2D eigenvalue weighted by Crippen LogP contribution is -1.94. The molecule has 0 heterocycles. The van der Waals surface area contributed by atoms with Gasteiger partial charge in [-0.2, -0.15) is 5.26 Å². The summed E-state index contributed by atoms with van der Waals surface area (Å²) in [6.07, 6.45) is 0. The number of nitrogens with zero attached hydrogens (tertiary/aromatic N) is 1. The van der Waals surface area contributed by atoms with Gasteiger partial charge in [0, 0.05) is 4.90 Å². The van der Waals surface area contributed by atoms with Gasteiger partial charge in [0.15, 0.2) is 0 Å². The number of hydrogen-bond acceptors (Lipinski definition) is 4. The van der Waals surface area contributed by atoms with E-state index in [1.807, 2.05) is 6.07 Å². The Bertz CT molecular complexity index is 659. The van der Waals surface area contributed by atoms with Crippen LogP contribution in [-0.2, 0) is 0 Å². The van der Waals surface area contributed by atoms with Crippen molar-refractivity contribution in [2.45, 2.75) is 9.79 Å². The smallest absolute Gasteiger partial charge is 0.335 e. The third-order valence-electron chi connectivity index (χ3n) is 2.42. The van der Waals surface area contributed by atoms with Gasteiger partial charge in [-0.3, -0.25) is 0 Å². The fraction of sp³-hybridized carbons (Fsp3) is 0. The summed E-state index contributed by atoms with van der Waals surface area (Å²) < 4.78 is 0. The van der Waals surface area contributed by atoms with Crippen molar-refractivity contribution in [1.82, 2.24) is 0 Å². The molecule has 5 heteroatoms. The minimum atomic E-state index is -0.974. The SMILES string of the molecule is N#Cc1ccc(Sc2ccc(C(=O)O)cc2)c(O)c1. The molecule has 0 aromatic heterocycles. The van der Waals surface area contributed by atoms with E-state index in [-0.39, 0.29) is 11.3 Å². The maximum absolute atomic E-state index is 10.7. The Morgan fingerprint density at radius 3 is 2.37 bits per heavy atom. The average Bonchev–Trinajstić information content (AvgIpc) is 2.41. The number of aromatic hydroxyl groups is 1. The zero-order valence-corrected chi connectivity index (χ0v) is 10.5. The molecule has 0 saturated heterocycles. The highest BCUT2D eigenvalue weighted by atomic mass is 32.2. The molecular formula is C14H9NO3S. The lowest BCUT2D eigenvalue weighted by molar-refractivity contribution is 0.0697. The second-order valence-electron chi connectivity index (χ2n) is 3.73. The third-order valence-corrected chi connectivity index (χ3v) is 3.49. The van der Waals surface area contributed by atoms with Crippen molar-refractivity contribution in [1.29, 1.82) is 5.26 Å². The van der Waals surface area contributed by atoms with Gasteiger partial charge in [-0.25, -0.2) is 4.79 Å². The molecule has 2 aromatic rings. The van der Waals surface area contributed by atoms with Gasteiger partial charge >= 0.3 is 5.97 Å². The number of aromatic carboxylic acids is 1. The van der Waals surface area contributed by atoms with Crippen LogP contribution in [-0.4, -0.2) is 16.2 Å². The Hall–Kier alpha value is -2.45. The molecule has 0 aliphatic carbocycles. The highest BCUT2D eigenvalue weighted by Gasteiger charge is 2.06. The number of carboxylic acid groups (broad SMARTS) is 1. The molecule has 4 nitrogen and oxygen atoms in total. The highest BCUT2D eigenvalue weighted by Crippen LogP contribution is 2.34. The van der Waals surface area contributed by atoms with Gasteiger partial charge in [0.2, 0.25) is 0 Å². The number of hydrogen-bond donors (Lipinski definition) is 2. The number of phenolic OH excluding ortho intramolecular Hbond substituents is 1. The maximum atomic E-state index is 10.7. The van der Waals surface area contributed by atoms with Crippen molar-refractivity contribution in [3.05, 3.63) is 53.6 Å². The van der Waals surface area contributed by atoms with E-state index in [2.05, 4.69) is 0 Å². The molecule has 0 amide bonds. The summed E-state index contributed by atoms with van der Waals surface area (Å²) in [4.78, 5) is 12.1. The summed E-state index contributed by atoms with van der Waals surface area (Å²) in [5, 5.41) is 27.3. The predicted octanol–water partition coefficient (Wildman–Crippen LogP) is 3.11. The monoisotopic (exact) mass is 271 g/mol. The Morgan fingerprint density at radius 1 is 1.16 bits per heavy atom. The number of nitriles is 1. The Morgan fingerprint density at radius 2 is 1.84 bits per heavy atom.